The molecule has 0 aromatic rings. The van der Waals surface area contributed by atoms with Gasteiger partial charge in [-0.1, -0.05) is 20.8 Å². The van der Waals surface area contributed by atoms with Crippen LogP contribution in [0.3, 0.4) is 0 Å². The van der Waals surface area contributed by atoms with Crippen LogP contribution in [0.4, 0.5) is 0 Å². The van der Waals surface area contributed by atoms with E-state index in [4.69, 9.17) is 14.6 Å². The molecular formula is C19H34O8. The zero-order chi connectivity index (χ0) is 20.4. The van der Waals surface area contributed by atoms with E-state index < -0.39 is 37.3 Å². The Labute approximate surface area is 160 Å². The molecule has 0 amide bonds. The number of rotatable bonds is 7. The van der Waals surface area contributed by atoms with Crippen molar-refractivity contribution in [2.24, 2.45) is 17.3 Å². The number of carbonyl (C=O) groups is 1. The van der Waals surface area contributed by atoms with E-state index in [1.54, 1.807) is 0 Å². The van der Waals surface area contributed by atoms with Gasteiger partial charge in [0.2, 0.25) is 0 Å². The molecule has 2 fully saturated rings. The van der Waals surface area contributed by atoms with E-state index in [1.165, 1.54) is 0 Å². The molecule has 2 aliphatic rings. The van der Waals surface area contributed by atoms with E-state index in [1.807, 2.05) is 0 Å². The molecule has 1 saturated carbocycles. The lowest BCUT2D eigenvalue weighted by Gasteiger charge is -2.45. The van der Waals surface area contributed by atoms with Gasteiger partial charge in [-0.25, -0.2) is 0 Å². The fraction of sp³-hybridized carbons (Fsp3) is 0.947. The summed E-state index contributed by atoms with van der Waals surface area (Å²) in [7, 11) is 0. The summed E-state index contributed by atoms with van der Waals surface area (Å²) in [6, 6.07) is 0. The highest BCUT2D eigenvalue weighted by molar-refractivity contribution is 5.79. The highest BCUT2D eigenvalue weighted by Crippen LogP contribution is 2.46. The highest BCUT2D eigenvalue weighted by Gasteiger charge is 2.44. The van der Waals surface area contributed by atoms with E-state index in [2.05, 4.69) is 20.8 Å². The number of hydrogen-bond acceptors (Lipinski definition) is 8. The van der Waals surface area contributed by atoms with Gasteiger partial charge in [0.1, 0.15) is 31.0 Å². The molecule has 1 aliphatic heterocycles. The Morgan fingerprint density at radius 2 is 1.81 bits per heavy atom. The summed E-state index contributed by atoms with van der Waals surface area (Å²) < 4.78 is 10.5. The van der Waals surface area contributed by atoms with Crippen LogP contribution in [0.25, 0.3) is 0 Å². The number of aliphatic hydroxyl groups excluding tert-OH is 5. The van der Waals surface area contributed by atoms with Gasteiger partial charge >= 0.3 is 0 Å². The molecule has 0 aromatic carbocycles. The second kappa shape index (κ2) is 9.26. The molecule has 0 radical (unpaired) electrons. The Hall–Kier alpha value is -0.610. The quantitative estimate of drug-likeness (QED) is 0.396. The molecule has 1 heterocycles. The molecule has 27 heavy (non-hydrogen) atoms. The predicted octanol–water partition coefficient (Wildman–Crippen LogP) is -0.415. The normalized spacial score (nSPS) is 42.1. The lowest BCUT2D eigenvalue weighted by atomic mass is 9.62. The number of aliphatic hydroxyl groups is 5. The first-order valence-corrected chi connectivity index (χ1v) is 9.68. The average Bonchev–Trinajstić information content (AvgIpc) is 2.57. The Balaban J connectivity index is 1.82. The van der Waals surface area contributed by atoms with Gasteiger partial charge in [0, 0.05) is 6.42 Å². The number of hydrogen-bond donors (Lipinski definition) is 5. The van der Waals surface area contributed by atoms with Crippen LogP contribution < -0.4 is 0 Å². The Kier molecular flexibility index (Phi) is 7.78. The van der Waals surface area contributed by atoms with Crippen molar-refractivity contribution in [2.45, 2.75) is 83.3 Å². The van der Waals surface area contributed by atoms with Crippen molar-refractivity contribution in [3.8, 4) is 0 Å². The molecule has 8 atom stereocenters. The summed E-state index contributed by atoms with van der Waals surface area (Å²) in [5, 5.41) is 48.5. The molecule has 0 aromatic heterocycles. The van der Waals surface area contributed by atoms with Gasteiger partial charge in [0.05, 0.1) is 12.7 Å². The number of ketones is 1. The zero-order valence-corrected chi connectivity index (χ0v) is 16.3. The monoisotopic (exact) mass is 390 g/mol. The van der Waals surface area contributed by atoms with Crippen LogP contribution >= 0.6 is 0 Å². The number of ether oxygens (including phenoxy) is 2. The second-order valence-corrected chi connectivity index (χ2v) is 8.75. The molecule has 5 N–H and O–H groups in total. The maximum absolute atomic E-state index is 12.2. The lowest BCUT2D eigenvalue weighted by molar-refractivity contribution is -0.299. The van der Waals surface area contributed by atoms with E-state index in [-0.39, 0.29) is 23.9 Å². The van der Waals surface area contributed by atoms with Crippen LogP contribution in [0.1, 0.15) is 46.5 Å². The Morgan fingerprint density at radius 1 is 1.15 bits per heavy atom. The van der Waals surface area contributed by atoms with Gasteiger partial charge in [-0.2, -0.15) is 0 Å². The molecule has 8 heteroatoms. The fourth-order valence-electron chi connectivity index (χ4n) is 4.65. The first-order valence-electron chi connectivity index (χ1n) is 9.68. The zero-order valence-electron chi connectivity index (χ0n) is 16.3. The largest absolute Gasteiger partial charge is 0.394 e. The number of carbonyl (C=O) groups excluding carboxylic acids is 1. The van der Waals surface area contributed by atoms with Gasteiger partial charge in [-0.15, -0.1) is 0 Å². The van der Waals surface area contributed by atoms with Crippen molar-refractivity contribution in [1.82, 2.24) is 0 Å². The van der Waals surface area contributed by atoms with Crippen LogP contribution in [0.5, 0.6) is 0 Å². The highest BCUT2D eigenvalue weighted by atomic mass is 16.7. The van der Waals surface area contributed by atoms with Gasteiger partial charge in [0.15, 0.2) is 12.1 Å². The Morgan fingerprint density at radius 3 is 2.41 bits per heavy atom. The summed E-state index contributed by atoms with van der Waals surface area (Å²) in [5.41, 5.74) is -0.0461. The summed E-state index contributed by atoms with van der Waals surface area (Å²) in [6.45, 7) is 5.51. The predicted molar refractivity (Wildman–Crippen MR) is 95.6 cm³/mol. The molecule has 1 saturated heterocycles. The van der Waals surface area contributed by atoms with Gasteiger partial charge < -0.3 is 35.0 Å². The van der Waals surface area contributed by atoms with Crippen molar-refractivity contribution >= 4 is 5.78 Å². The van der Waals surface area contributed by atoms with Gasteiger partial charge in [-0.3, -0.25) is 4.79 Å². The fourth-order valence-corrected chi connectivity index (χ4v) is 4.65. The van der Waals surface area contributed by atoms with Crippen molar-refractivity contribution in [3.05, 3.63) is 0 Å². The third-order valence-electron chi connectivity index (χ3n) is 6.09. The lowest BCUT2D eigenvalue weighted by Crippen LogP contribution is -2.59. The maximum Gasteiger partial charge on any atom is 0.187 e. The van der Waals surface area contributed by atoms with Crippen LogP contribution in [0.15, 0.2) is 0 Å². The SMILES string of the molecule is C[C@@H]1CC(O)CC(C)(C)[C@H]1CCC(=O)CO[C@@H]1O[C@H](CO)[C@@H](O)[C@H](O)[C@H]1O. The average molecular weight is 390 g/mol. The van der Waals surface area contributed by atoms with Crippen molar-refractivity contribution in [2.75, 3.05) is 13.2 Å². The van der Waals surface area contributed by atoms with Crippen molar-refractivity contribution in [3.63, 3.8) is 0 Å². The molecule has 1 aliphatic carbocycles. The Bertz CT molecular complexity index is 494. The third kappa shape index (κ3) is 5.47. The number of Topliss-reactive ketones (excluding diaryl/α,β-unsaturated/α-hetero) is 1. The van der Waals surface area contributed by atoms with Crippen LogP contribution in [-0.4, -0.2) is 81.3 Å². The van der Waals surface area contributed by atoms with Gasteiger partial charge in [-0.05, 0) is 36.5 Å². The molecule has 2 rings (SSSR count). The first kappa shape index (κ1) is 22.7. The van der Waals surface area contributed by atoms with Gasteiger partial charge in [0.25, 0.3) is 0 Å². The molecular weight excluding hydrogens is 356 g/mol. The van der Waals surface area contributed by atoms with Crippen molar-refractivity contribution < 1.29 is 39.8 Å². The summed E-state index contributed by atoms with van der Waals surface area (Å²) in [5.74, 6) is 0.487. The van der Waals surface area contributed by atoms with Crippen LogP contribution in [-0.2, 0) is 14.3 Å². The molecule has 0 spiro atoms. The van der Waals surface area contributed by atoms with Crippen LogP contribution in [0.2, 0.25) is 0 Å². The van der Waals surface area contributed by atoms with Crippen molar-refractivity contribution in [1.29, 1.82) is 0 Å². The third-order valence-corrected chi connectivity index (χ3v) is 6.09. The van der Waals surface area contributed by atoms with Crippen LogP contribution in [0, 0.1) is 17.3 Å². The smallest absolute Gasteiger partial charge is 0.187 e. The van der Waals surface area contributed by atoms with E-state index in [9.17, 15) is 25.2 Å². The maximum atomic E-state index is 12.2. The molecule has 8 nitrogen and oxygen atoms in total. The minimum Gasteiger partial charge on any atom is -0.394 e. The van der Waals surface area contributed by atoms with E-state index >= 15 is 0 Å². The topological polar surface area (TPSA) is 137 Å². The minimum atomic E-state index is -1.52. The summed E-state index contributed by atoms with van der Waals surface area (Å²) >= 11 is 0. The van der Waals surface area contributed by atoms with E-state index in [0.717, 1.165) is 12.8 Å². The van der Waals surface area contributed by atoms with E-state index in [0.29, 0.717) is 24.7 Å². The molecule has 1 unspecified atom stereocenters. The molecule has 158 valence electrons. The standard InChI is InChI=1S/C19H34O8/c1-10-6-12(22)7-19(2,3)13(10)5-4-11(21)9-26-18-17(25)16(24)15(23)14(8-20)27-18/h10,12-18,20,22-25H,4-9H2,1-3H3/t10-,12?,13+,14-,15-,16+,17-,18-/m1/s1. The second-order valence-electron chi connectivity index (χ2n) is 8.75. The first-order chi connectivity index (χ1) is 12.6. The summed E-state index contributed by atoms with van der Waals surface area (Å²) in [6.07, 6.45) is -4.66. The summed E-state index contributed by atoms with van der Waals surface area (Å²) in [4.78, 5) is 12.2. The minimum absolute atomic E-state index is 0.0461. The molecule has 0 bridgehead atoms.